The maximum atomic E-state index is 12.1. The molecule has 1 aromatic carbocycles. The number of nitrogens with zero attached hydrogens (tertiary/aromatic N) is 2. The number of rotatable bonds is 1. The van der Waals surface area contributed by atoms with Gasteiger partial charge in [0.25, 0.3) is 0 Å². The number of allylic oxidation sites excluding steroid dienone is 1. The minimum atomic E-state index is 0.162. The highest BCUT2D eigenvalue weighted by molar-refractivity contribution is 5.93. The van der Waals surface area contributed by atoms with Crippen molar-refractivity contribution in [3.63, 3.8) is 0 Å². The molecule has 5 rings (SSSR count). The summed E-state index contributed by atoms with van der Waals surface area (Å²) in [5.74, 6) is 0.885. The third-order valence-electron chi connectivity index (χ3n) is 6.80. The van der Waals surface area contributed by atoms with Crippen molar-refractivity contribution in [2.45, 2.75) is 31.8 Å². The molecular weight excluding hydrogens is 312 g/mol. The number of ether oxygens (including phenoxy) is 1. The minimum Gasteiger partial charge on any atom is -0.500 e. The zero-order valence-corrected chi connectivity index (χ0v) is 15.0. The van der Waals surface area contributed by atoms with E-state index in [0.29, 0.717) is 23.9 Å². The van der Waals surface area contributed by atoms with E-state index in [9.17, 15) is 4.79 Å². The van der Waals surface area contributed by atoms with Crippen LogP contribution in [0.4, 0.5) is 0 Å². The van der Waals surface area contributed by atoms with Gasteiger partial charge in [-0.3, -0.25) is 9.69 Å². The molecule has 1 fully saturated rings. The topological polar surface area (TPSA) is 34.5 Å². The first-order valence-corrected chi connectivity index (χ1v) is 9.18. The molecule has 2 bridgehead atoms. The SMILES string of the molecule is CC(=O)C1=COC[C@@H]2[C@H]3Cc4c(n(C)c5ccccc45)[C@@H](C[C@@H]12)N3C. The van der Waals surface area contributed by atoms with Crippen molar-refractivity contribution in [1.82, 2.24) is 9.47 Å². The van der Waals surface area contributed by atoms with Crippen LogP contribution in [0.1, 0.15) is 30.6 Å². The number of carbonyl (C=O) groups excluding carboxylic acids is 1. The monoisotopic (exact) mass is 336 g/mol. The second-order valence-corrected chi connectivity index (χ2v) is 7.86. The average Bonchev–Trinajstić information content (AvgIpc) is 2.88. The molecule has 0 unspecified atom stereocenters. The first kappa shape index (κ1) is 15.2. The third-order valence-corrected chi connectivity index (χ3v) is 6.80. The fourth-order valence-electron chi connectivity index (χ4n) is 5.59. The van der Waals surface area contributed by atoms with Gasteiger partial charge in [-0.15, -0.1) is 0 Å². The number of likely N-dealkylation sites (N-methyl/N-ethyl adjacent to an activating group) is 1. The van der Waals surface area contributed by atoms with Crippen molar-refractivity contribution in [3.8, 4) is 0 Å². The summed E-state index contributed by atoms with van der Waals surface area (Å²) < 4.78 is 8.09. The highest BCUT2D eigenvalue weighted by Gasteiger charge is 2.49. The predicted molar refractivity (Wildman–Crippen MR) is 97.2 cm³/mol. The zero-order chi connectivity index (χ0) is 17.3. The van der Waals surface area contributed by atoms with E-state index in [-0.39, 0.29) is 5.78 Å². The van der Waals surface area contributed by atoms with Gasteiger partial charge in [-0.05, 0) is 44.4 Å². The number of fused-ring (bicyclic) bond motifs is 8. The summed E-state index contributed by atoms with van der Waals surface area (Å²) >= 11 is 0. The molecule has 25 heavy (non-hydrogen) atoms. The summed E-state index contributed by atoms with van der Waals surface area (Å²) in [5.41, 5.74) is 5.15. The normalized spacial score (nSPS) is 31.1. The zero-order valence-electron chi connectivity index (χ0n) is 15.0. The Hall–Kier alpha value is -2.07. The van der Waals surface area contributed by atoms with E-state index in [1.165, 1.54) is 22.2 Å². The molecule has 0 amide bonds. The lowest BCUT2D eigenvalue weighted by Gasteiger charge is -2.52. The van der Waals surface area contributed by atoms with E-state index in [1.54, 1.807) is 13.2 Å². The molecule has 1 saturated heterocycles. The summed E-state index contributed by atoms with van der Waals surface area (Å²) in [5, 5.41) is 1.39. The van der Waals surface area contributed by atoms with Crippen LogP contribution in [-0.4, -0.2) is 34.9 Å². The van der Waals surface area contributed by atoms with Gasteiger partial charge in [0.05, 0.1) is 18.9 Å². The smallest absolute Gasteiger partial charge is 0.159 e. The second kappa shape index (κ2) is 5.21. The minimum absolute atomic E-state index is 0.162. The first-order valence-electron chi connectivity index (χ1n) is 9.18. The van der Waals surface area contributed by atoms with Crippen LogP contribution in [0, 0.1) is 11.8 Å². The molecule has 0 spiro atoms. The second-order valence-electron chi connectivity index (χ2n) is 7.86. The number of hydrogen-bond acceptors (Lipinski definition) is 3. The number of aryl methyl sites for hydroxylation is 1. The van der Waals surface area contributed by atoms with Crippen molar-refractivity contribution in [2.24, 2.45) is 18.9 Å². The number of carbonyl (C=O) groups is 1. The van der Waals surface area contributed by atoms with Crippen LogP contribution in [0.15, 0.2) is 36.1 Å². The molecule has 4 atom stereocenters. The molecular formula is C21H24N2O2. The molecule has 3 aliphatic heterocycles. The Bertz CT molecular complexity index is 910. The van der Waals surface area contributed by atoms with Gasteiger partial charge >= 0.3 is 0 Å². The fraction of sp³-hybridized carbons (Fsp3) is 0.476. The highest BCUT2D eigenvalue weighted by atomic mass is 16.5. The Morgan fingerprint density at radius 1 is 1.24 bits per heavy atom. The van der Waals surface area contributed by atoms with Crippen LogP contribution >= 0.6 is 0 Å². The van der Waals surface area contributed by atoms with Crippen LogP contribution < -0.4 is 0 Å². The summed E-state index contributed by atoms with van der Waals surface area (Å²) in [6.07, 6.45) is 3.77. The van der Waals surface area contributed by atoms with Gasteiger partial charge in [-0.2, -0.15) is 0 Å². The largest absolute Gasteiger partial charge is 0.500 e. The predicted octanol–water partition coefficient (Wildman–Crippen LogP) is 3.22. The molecule has 0 saturated carbocycles. The number of benzene rings is 1. The molecule has 1 aromatic heterocycles. The van der Waals surface area contributed by atoms with Gasteiger partial charge in [0.15, 0.2) is 5.78 Å². The third kappa shape index (κ3) is 1.94. The van der Waals surface area contributed by atoms with E-state index in [4.69, 9.17) is 4.74 Å². The lowest BCUT2D eigenvalue weighted by atomic mass is 9.67. The first-order chi connectivity index (χ1) is 12.1. The number of hydrogen-bond donors (Lipinski definition) is 0. The van der Waals surface area contributed by atoms with Crippen LogP contribution in [0.2, 0.25) is 0 Å². The van der Waals surface area contributed by atoms with Crippen LogP contribution in [0.25, 0.3) is 10.9 Å². The summed E-state index contributed by atoms with van der Waals surface area (Å²) in [7, 11) is 4.44. The van der Waals surface area contributed by atoms with Gasteiger partial charge in [-0.25, -0.2) is 0 Å². The molecule has 0 N–H and O–H groups in total. The Labute approximate surface area is 148 Å². The Balaban J connectivity index is 1.68. The highest BCUT2D eigenvalue weighted by Crippen LogP contribution is 2.51. The lowest BCUT2D eigenvalue weighted by molar-refractivity contribution is -0.116. The maximum absolute atomic E-state index is 12.1. The molecule has 0 radical (unpaired) electrons. The fourth-order valence-corrected chi connectivity index (χ4v) is 5.59. The van der Waals surface area contributed by atoms with Crippen molar-refractivity contribution < 1.29 is 9.53 Å². The van der Waals surface area contributed by atoms with E-state index >= 15 is 0 Å². The quantitative estimate of drug-likeness (QED) is 0.802. The maximum Gasteiger partial charge on any atom is 0.159 e. The van der Waals surface area contributed by atoms with Gasteiger partial charge < -0.3 is 9.30 Å². The summed E-state index contributed by atoms with van der Waals surface area (Å²) in [6.45, 7) is 2.40. The number of piperidine rings is 1. The van der Waals surface area contributed by atoms with Crippen LogP contribution in [0.5, 0.6) is 0 Å². The number of ketones is 1. The van der Waals surface area contributed by atoms with Crippen molar-refractivity contribution in [3.05, 3.63) is 47.4 Å². The Kier molecular flexibility index (Phi) is 3.17. The van der Waals surface area contributed by atoms with Gasteiger partial charge in [-0.1, -0.05) is 18.2 Å². The van der Waals surface area contributed by atoms with E-state index in [2.05, 4.69) is 47.8 Å². The van der Waals surface area contributed by atoms with Crippen molar-refractivity contribution >= 4 is 16.7 Å². The molecule has 2 aromatic rings. The Morgan fingerprint density at radius 3 is 2.84 bits per heavy atom. The van der Waals surface area contributed by atoms with Gasteiger partial charge in [0.1, 0.15) is 0 Å². The Morgan fingerprint density at radius 2 is 2.04 bits per heavy atom. The van der Waals surface area contributed by atoms with Gasteiger partial charge in [0.2, 0.25) is 0 Å². The molecule has 4 heterocycles. The lowest BCUT2D eigenvalue weighted by Crippen LogP contribution is -2.55. The molecule has 0 aliphatic carbocycles. The average molecular weight is 336 g/mol. The standard InChI is InChI=1S/C21H24N2O2/c1-12(24)16-10-25-11-17-14(16)8-20-21-15(9-19(17)22(20)2)13-6-4-5-7-18(13)23(21)3/h4-7,10,14,17,19-20H,8-9,11H2,1-3H3/t14-,17-,19+,20+/m0/s1. The molecule has 3 aliphatic rings. The number of Topliss-reactive ketones (excluding diaryl/α,β-unsaturated/α-hetero) is 1. The molecule has 4 nitrogen and oxygen atoms in total. The van der Waals surface area contributed by atoms with Crippen molar-refractivity contribution in [1.29, 1.82) is 0 Å². The summed E-state index contributed by atoms with van der Waals surface area (Å²) in [6, 6.07) is 9.53. The van der Waals surface area contributed by atoms with Crippen LogP contribution in [0.3, 0.4) is 0 Å². The van der Waals surface area contributed by atoms with E-state index in [0.717, 1.165) is 25.0 Å². The molecule has 4 heteroatoms. The van der Waals surface area contributed by atoms with Gasteiger partial charge in [0, 0.05) is 41.2 Å². The summed E-state index contributed by atoms with van der Waals surface area (Å²) in [4.78, 5) is 14.7. The molecule has 130 valence electrons. The van der Waals surface area contributed by atoms with E-state index in [1.807, 2.05) is 0 Å². The number of aromatic nitrogens is 1. The number of para-hydroxylation sites is 1. The van der Waals surface area contributed by atoms with Crippen LogP contribution in [-0.2, 0) is 23.0 Å². The van der Waals surface area contributed by atoms with Crippen molar-refractivity contribution in [2.75, 3.05) is 13.7 Å². The van der Waals surface area contributed by atoms with E-state index < -0.39 is 0 Å².